The van der Waals surface area contributed by atoms with Crippen molar-refractivity contribution in [3.05, 3.63) is 35.6 Å². The summed E-state index contributed by atoms with van der Waals surface area (Å²) in [5, 5.41) is 3.23. The molecule has 1 aromatic rings. The highest BCUT2D eigenvalue weighted by Gasteiger charge is 2.39. The summed E-state index contributed by atoms with van der Waals surface area (Å²) in [6, 6.07) is 6.72. The van der Waals surface area contributed by atoms with Crippen LogP contribution < -0.4 is 5.32 Å². The zero-order chi connectivity index (χ0) is 14.8. The fourth-order valence-corrected chi connectivity index (χ4v) is 2.42. The zero-order valence-electron chi connectivity index (χ0n) is 12.4. The Hall–Kier alpha value is -1.42. The minimum absolute atomic E-state index is 0.117. The lowest BCUT2D eigenvalue weighted by molar-refractivity contribution is -0.138. The summed E-state index contributed by atoms with van der Waals surface area (Å²) in [6.07, 6.45) is 2.13. The monoisotopic (exact) mass is 278 g/mol. The Bertz CT molecular complexity index is 466. The van der Waals surface area contributed by atoms with E-state index in [9.17, 15) is 9.18 Å². The van der Waals surface area contributed by atoms with Crippen molar-refractivity contribution in [3.8, 4) is 0 Å². The zero-order valence-corrected chi connectivity index (χ0v) is 12.4. The van der Waals surface area contributed by atoms with Gasteiger partial charge in [0.05, 0.1) is 5.54 Å². The van der Waals surface area contributed by atoms with E-state index in [-0.39, 0.29) is 11.7 Å². The van der Waals surface area contributed by atoms with Crippen molar-refractivity contribution < 1.29 is 9.18 Å². The Kier molecular flexibility index (Phi) is 4.43. The maximum Gasteiger partial charge on any atom is 0.242 e. The van der Waals surface area contributed by atoms with Crippen molar-refractivity contribution in [2.24, 2.45) is 0 Å². The van der Waals surface area contributed by atoms with E-state index < -0.39 is 5.54 Å². The molecule has 0 aromatic heterocycles. The second-order valence-electron chi connectivity index (χ2n) is 5.95. The third-order valence-electron chi connectivity index (χ3n) is 3.67. The number of hydrogen-bond donors (Lipinski definition) is 1. The van der Waals surface area contributed by atoms with Crippen molar-refractivity contribution in [3.63, 3.8) is 0 Å². The summed E-state index contributed by atoms with van der Waals surface area (Å²) in [4.78, 5) is 14.6. The predicted octanol–water partition coefficient (Wildman–Crippen LogP) is 2.70. The molecule has 0 unspecified atom stereocenters. The summed E-state index contributed by atoms with van der Waals surface area (Å²) in [5.41, 5.74) is 0.413. The van der Waals surface area contributed by atoms with Crippen molar-refractivity contribution in [2.45, 2.75) is 51.7 Å². The molecule has 1 fully saturated rings. The third-order valence-corrected chi connectivity index (χ3v) is 3.67. The van der Waals surface area contributed by atoms with Gasteiger partial charge in [0, 0.05) is 12.6 Å². The molecular formula is C16H23FN2O. The SMILES string of the molecule is CCNC(C)(C)C(=O)N(Cc1ccc(F)cc1)C1CC1. The van der Waals surface area contributed by atoms with Crippen LogP contribution >= 0.6 is 0 Å². The van der Waals surface area contributed by atoms with Gasteiger partial charge in [-0.05, 0) is 50.9 Å². The van der Waals surface area contributed by atoms with E-state index in [2.05, 4.69) is 5.32 Å². The normalized spacial score (nSPS) is 15.2. The number of nitrogens with one attached hydrogen (secondary N) is 1. The molecule has 1 amide bonds. The molecule has 1 N–H and O–H groups in total. The van der Waals surface area contributed by atoms with Gasteiger partial charge in [-0.2, -0.15) is 0 Å². The smallest absolute Gasteiger partial charge is 0.242 e. The van der Waals surface area contributed by atoms with Crippen molar-refractivity contribution in [1.29, 1.82) is 0 Å². The molecule has 2 rings (SSSR count). The van der Waals surface area contributed by atoms with Crippen LogP contribution in [0.2, 0.25) is 0 Å². The van der Waals surface area contributed by atoms with Crippen LogP contribution in [0, 0.1) is 5.82 Å². The maximum absolute atomic E-state index is 13.0. The molecule has 0 spiro atoms. The molecule has 1 aliphatic rings. The van der Waals surface area contributed by atoms with E-state index in [0.29, 0.717) is 12.6 Å². The molecule has 1 aliphatic carbocycles. The Labute approximate surface area is 120 Å². The van der Waals surface area contributed by atoms with E-state index >= 15 is 0 Å². The van der Waals surface area contributed by atoms with E-state index in [1.165, 1.54) is 12.1 Å². The van der Waals surface area contributed by atoms with Gasteiger partial charge in [0.1, 0.15) is 5.82 Å². The molecule has 0 radical (unpaired) electrons. The second-order valence-corrected chi connectivity index (χ2v) is 5.95. The number of benzene rings is 1. The van der Waals surface area contributed by atoms with Crippen LogP contribution in [0.4, 0.5) is 4.39 Å². The summed E-state index contributed by atoms with van der Waals surface area (Å²) in [6.45, 7) is 7.14. The van der Waals surface area contributed by atoms with Gasteiger partial charge in [0.15, 0.2) is 0 Å². The van der Waals surface area contributed by atoms with Crippen LogP contribution in [-0.4, -0.2) is 28.9 Å². The number of halogens is 1. The molecule has 1 aromatic carbocycles. The summed E-state index contributed by atoms with van der Waals surface area (Å²) < 4.78 is 13.0. The van der Waals surface area contributed by atoms with Gasteiger partial charge >= 0.3 is 0 Å². The first-order valence-corrected chi connectivity index (χ1v) is 7.24. The minimum atomic E-state index is -0.558. The Morgan fingerprint density at radius 3 is 2.45 bits per heavy atom. The average Bonchev–Trinajstić information content (AvgIpc) is 3.21. The van der Waals surface area contributed by atoms with Crippen molar-refractivity contribution in [2.75, 3.05) is 6.54 Å². The predicted molar refractivity (Wildman–Crippen MR) is 77.7 cm³/mol. The van der Waals surface area contributed by atoms with E-state index in [0.717, 1.165) is 24.9 Å². The molecule has 4 heteroatoms. The van der Waals surface area contributed by atoms with E-state index in [4.69, 9.17) is 0 Å². The third kappa shape index (κ3) is 3.57. The van der Waals surface area contributed by atoms with Crippen LogP contribution in [0.25, 0.3) is 0 Å². The van der Waals surface area contributed by atoms with Gasteiger partial charge in [-0.3, -0.25) is 4.79 Å². The lowest BCUT2D eigenvalue weighted by Gasteiger charge is -2.32. The van der Waals surface area contributed by atoms with Crippen LogP contribution in [0.3, 0.4) is 0 Å². The van der Waals surface area contributed by atoms with Gasteiger partial charge in [0.25, 0.3) is 0 Å². The number of amides is 1. The molecule has 20 heavy (non-hydrogen) atoms. The van der Waals surface area contributed by atoms with Gasteiger partial charge in [-0.15, -0.1) is 0 Å². The molecule has 0 heterocycles. The highest BCUT2D eigenvalue weighted by molar-refractivity contribution is 5.86. The number of carbonyl (C=O) groups excluding carboxylic acids is 1. The van der Waals surface area contributed by atoms with Gasteiger partial charge in [-0.1, -0.05) is 19.1 Å². The fraction of sp³-hybridized carbons (Fsp3) is 0.562. The Morgan fingerprint density at radius 2 is 1.95 bits per heavy atom. The number of nitrogens with zero attached hydrogens (tertiary/aromatic N) is 1. The van der Waals surface area contributed by atoms with Crippen LogP contribution in [-0.2, 0) is 11.3 Å². The first-order valence-electron chi connectivity index (χ1n) is 7.24. The van der Waals surface area contributed by atoms with Crippen LogP contribution in [0.5, 0.6) is 0 Å². The quantitative estimate of drug-likeness (QED) is 0.867. The highest BCUT2D eigenvalue weighted by Crippen LogP contribution is 2.30. The fourth-order valence-electron chi connectivity index (χ4n) is 2.42. The maximum atomic E-state index is 13.0. The summed E-state index contributed by atoms with van der Waals surface area (Å²) in [5.74, 6) is -0.128. The molecule has 0 saturated heterocycles. The second kappa shape index (κ2) is 5.92. The summed E-state index contributed by atoms with van der Waals surface area (Å²) >= 11 is 0. The molecule has 3 nitrogen and oxygen atoms in total. The van der Waals surface area contributed by atoms with Gasteiger partial charge in [-0.25, -0.2) is 4.39 Å². The first-order chi connectivity index (χ1) is 9.44. The molecule has 1 saturated carbocycles. The van der Waals surface area contributed by atoms with Crippen LogP contribution in [0.1, 0.15) is 39.2 Å². The number of hydrogen-bond acceptors (Lipinski definition) is 2. The molecule has 0 atom stereocenters. The Morgan fingerprint density at radius 1 is 1.35 bits per heavy atom. The lowest BCUT2D eigenvalue weighted by Crippen LogP contribution is -2.54. The average molecular weight is 278 g/mol. The first kappa shape index (κ1) is 15.0. The van der Waals surface area contributed by atoms with Crippen molar-refractivity contribution in [1.82, 2.24) is 10.2 Å². The molecule has 0 aliphatic heterocycles. The molecular weight excluding hydrogens is 255 g/mol. The number of likely N-dealkylation sites (N-methyl/N-ethyl adjacent to an activating group) is 1. The lowest BCUT2D eigenvalue weighted by atomic mass is 10.0. The standard InChI is InChI=1S/C16H23FN2O/c1-4-18-16(2,3)15(20)19(14-9-10-14)11-12-5-7-13(17)8-6-12/h5-8,14,18H,4,9-11H2,1-3H3. The number of rotatable bonds is 6. The summed E-state index contributed by atoms with van der Waals surface area (Å²) in [7, 11) is 0. The largest absolute Gasteiger partial charge is 0.334 e. The van der Waals surface area contributed by atoms with E-state index in [1.54, 1.807) is 12.1 Å². The molecule has 0 bridgehead atoms. The van der Waals surface area contributed by atoms with Gasteiger partial charge in [0.2, 0.25) is 5.91 Å². The van der Waals surface area contributed by atoms with Crippen molar-refractivity contribution >= 4 is 5.91 Å². The highest BCUT2D eigenvalue weighted by atomic mass is 19.1. The van der Waals surface area contributed by atoms with E-state index in [1.807, 2.05) is 25.7 Å². The topological polar surface area (TPSA) is 32.3 Å². The number of carbonyl (C=O) groups is 1. The Balaban J connectivity index is 2.11. The van der Waals surface area contributed by atoms with Crippen LogP contribution in [0.15, 0.2) is 24.3 Å². The minimum Gasteiger partial charge on any atom is -0.334 e. The molecule has 110 valence electrons. The van der Waals surface area contributed by atoms with Gasteiger partial charge < -0.3 is 10.2 Å².